The standard InChI is InChI=1S/C17H14Cl2N2O3/c1-10(17(22)21-14-7-12(18)6-13(19)8-14)24-15-4-3-11(9-20)5-16(15)23-2/h3-8,10H,1-2H3,(H,21,22)/t10-/m0/s1. The fourth-order valence-corrected chi connectivity index (χ4v) is 2.47. The fourth-order valence-electron chi connectivity index (χ4n) is 1.95. The first-order valence-electron chi connectivity index (χ1n) is 6.94. The van der Waals surface area contributed by atoms with Gasteiger partial charge in [-0.1, -0.05) is 23.2 Å². The van der Waals surface area contributed by atoms with Gasteiger partial charge in [0.2, 0.25) is 0 Å². The SMILES string of the molecule is COc1cc(C#N)ccc1O[C@@H](C)C(=O)Nc1cc(Cl)cc(Cl)c1. The number of rotatable bonds is 5. The second-order valence-corrected chi connectivity index (χ2v) is 5.76. The zero-order chi connectivity index (χ0) is 17.7. The van der Waals surface area contributed by atoms with Crippen LogP contribution in [-0.4, -0.2) is 19.1 Å². The summed E-state index contributed by atoms with van der Waals surface area (Å²) in [7, 11) is 1.46. The van der Waals surface area contributed by atoms with Crippen LogP contribution in [0.4, 0.5) is 5.69 Å². The molecule has 0 radical (unpaired) electrons. The van der Waals surface area contributed by atoms with Crippen molar-refractivity contribution in [1.29, 1.82) is 5.26 Å². The smallest absolute Gasteiger partial charge is 0.265 e. The van der Waals surface area contributed by atoms with Gasteiger partial charge in [0, 0.05) is 21.8 Å². The summed E-state index contributed by atoms with van der Waals surface area (Å²) in [5.41, 5.74) is 0.907. The zero-order valence-corrected chi connectivity index (χ0v) is 14.5. The number of nitrogens with one attached hydrogen (secondary N) is 1. The van der Waals surface area contributed by atoms with Crippen molar-refractivity contribution in [3.8, 4) is 17.6 Å². The van der Waals surface area contributed by atoms with Crippen molar-refractivity contribution in [1.82, 2.24) is 0 Å². The van der Waals surface area contributed by atoms with Crippen LogP contribution in [0.3, 0.4) is 0 Å². The molecular formula is C17H14Cl2N2O3. The quantitative estimate of drug-likeness (QED) is 0.859. The largest absolute Gasteiger partial charge is 0.493 e. The Kier molecular flexibility index (Phi) is 5.91. The molecule has 0 fully saturated rings. The molecule has 0 unspecified atom stereocenters. The second-order valence-electron chi connectivity index (χ2n) is 4.88. The minimum Gasteiger partial charge on any atom is -0.493 e. The topological polar surface area (TPSA) is 71.3 Å². The third-order valence-electron chi connectivity index (χ3n) is 3.10. The number of nitriles is 1. The summed E-state index contributed by atoms with van der Waals surface area (Å²) in [4.78, 5) is 12.2. The molecule has 1 atom stereocenters. The van der Waals surface area contributed by atoms with Crippen LogP contribution in [0.5, 0.6) is 11.5 Å². The Labute approximate surface area is 149 Å². The van der Waals surface area contributed by atoms with Crippen LogP contribution in [0.1, 0.15) is 12.5 Å². The Morgan fingerprint density at radius 2 is 1.83 bits per heavy atom. The molecule has 0 saturated carbocycles. The normalized spacial score (nSPS) is 11.3. The highest BCUT2D eigenvalue weighted by Gasteiger charge is 2.17. The lowest BCUT2D eigenvalue weighted by atomic mass is 10.2. The van der Waals surface area contributed by atoms with Crippen molar-refractivity contribution >= 4 is 34.8 Å². The molecule has 0 heterocycles. The predicted octanol–water partition coefficient (Wildman–Crippen LogP) is 4.28. The summed E-state index contributed by atoms with van der Waals surface area (Å²) in [6.45, 7) is 1.60. The number of carbonyl (C=O) groups excluding carboxylic acids is 1. The van der Waals surface area contributed by atoms with Crippen molar-refractivity contribution in [2.75, 3.05) is 12.4 Å². The van der Waals surface area contributed by atoms with Gasteiger partial charge in [-0.2, -0.15) is 5.26 Å². The molecule has 0 aromatic heterocycles. The first-order chi connectivity index (χ1) is 11.4. The lowest BCUT2D eigenvalue weighted by Crippen LogP contribution is -2.30. The maximum absolute atomic E-state index is 12.2. The molecule has 2 rings (SSSR count). The molecule has 2 aromatic carbocycles. The number of amides is 1. The summed E-state index contributed by atoms with van der Waals surface area (Å²) in [5, 5.41) is 12.4. The van der Waals surface area contributed by atoms with E-state index in [0.717, 1.165) is 0 Å². The summed E-state index contributed by atoms with van der Waals surface area (Å²) in [5.74, 6) is 0.363. The Morgan fingerprint density at radius 3 is 2.42 bits per heavy atom. The Bertz CT molecular complexity index is 783. The van der Waals surface area contributed by atoms with Crippen molar-refractivity contribution in [3.63, 3.8) is 0 Å². The van der Waals surface area contributed by atoms with Gasteiger partial charge in [-0.25, -0.2) is 0 Å². The number of benzene rings is 2. The van der Waals surface area contributed by atoms with Crippen LogP contribution in [0, 0.1) is 11.3 Å². The van der Waals surface area contributed by atoms with E-state index in [1.54, 1.807) is 37.3 Å². The summed E-state index contributed by atoms with van der Waals surface area (Å²) >= 11 is 11.8. The molecule has 7 heteroatoms. The molecule has 0 aliphatic heterocycles. The molecule has 0 bridgehead atoms. The molecule has 1 N–H and O–H groups in total. The lowest BCUT2D eigenvalue weighted by Gasteiger charge is -2.17. The van der Waals surface area contributed by atoms with E-state index in [9.17, 15) is 4.79 Å². The zero-order valence-electron chi connectivity index (χ0n) is 13.0. The number of carbonyl (C=O) groups is 1. The van der Waals surface area contributed by atoms with Crippen LogP contribution in [0.15, 0.2) is 36.4 Å². The van der Waals surface area contributed by atoms with E-state index in [-0.39, 0.29) is 5.91 Å². The molecule has 5 nitrogen and oxygen atoms in total. The minimum atomic E-state index is -0.801. The average molecular weight is 365 g/mol. The number of hydrogen-bond donors (Lipinski definition) is 1. The predicted molar refractivity (Wildman–Crippen MR) is 92.9 cm³/mol. The van der Waals surface area contributed by atoms with Gasteiger partial charge in [0.1, 0.15) is 0 Å². The molecule has 0 aliphatic rings. The number of halogens is 2. The molecule has 0 spiro atoms. The third kappa shape index (κ3) is 4.54. The van der Waals surface area contributed by atoms with E-state index in [1.165, 1.54) is 13.2 Å². The molecule has 1 amide bonds. The van der Waals surface area contributed by atoms with Crippen molar-refractivity contribution in [3.05, 3.63) is 52.0 Å². The van der Waals surface area contributed by atoms with Crippen molar-refractivity contribution in [2.24, 2.45) is 0 Å². The number of hydrogen-bond acceptors (Lipinski definition) is 4. The van der Waals surface area contributed by atoms with Gasteiger partial charge < -0.3 is 14.8 Å². The highest BCUT2D eigenvalue weighted by molar-refractivity contribution is 6.35. The molecule has 0 saturated heterocycles. The van der Waals surface area contributed by atoms with Crippen LogP contribution in [0.2, 0.25) is 10.0 Å². The molecule has 24 heavy (non-hydrogen) atoms. The van der Waals surface area contributed by atoms with Crippen LogP contribution < -0.4 is 14.8 Å². The lowest BCUT2D eigenvalue weighted by molar-refractivity contribution is -0.122. The number of methoxy groups -OCH3 is 1. The molecule has 0 aliphatic carbocycles. The Balaban J connectivity index is 2.10. The van der Waals surface area contributed by atoms with Gasteiger partial charge in [-0.3, -0.25) is 4.79 Å². The van der Waals surface area contributed by atoms with E-state index < -0.39 is 6.10 Å². The molecule has 124 valence electrons. The third-order valence-corrected chi connectivity index (χ3v) is 3.53. The minimum absolute atomic E-state index is 0.364. The van der Waals surface area contributed by atoms with E-state index in [4.69, 9.17) is 37.9 Å². The summed E-state index contributed by atoms with van der Waals surface area (Å²) in [6, 6.07) is 11.4. The summed E-state index contributed by atoms with van der Waals surface area (Å²) < 4.78 is 10.8. The van der Waals surface area contributed by atoms with E-state index >= 15 is 0 Å². The van der Waals surface area contributed by atoms with Gasteiger partial charge in [0.25, 0.3) is 5.91 Å². The van der Waals surface area contributed by atoms with Gasteiger partial charge in [0.05, 0.1) is 18.7 Å². The number of nitrogens with zero attached hydrogens (tertiary/aromatic N) is 1. The number of anilines is 1. The van der Waals surface area contributed by atoms with Crippen molar-refractivity contribution < 1.29 is 14.3 Å². The van der Waals surface area contributed by atoms with E-state index in [1.807, 2.05) is 6.07 Å². The second kappa shape index (κ2) is 7.91. The van der Waals surface area contributed by atoms with Gasteiger partial charge in [-0.15, -0.1) is 0 Å². The van der Waals surface area contributed by atoms with Crippen LogP contribution in [-0.2, 0) is 4.79 Å². The summed E-state index contributed by atoms with van der Waals surface area (Å²) in [6.07, 6.45) is -0.801. The van der Waals surface area contributed by atoms with Crippen LogP contribution >= 0.6 is 23.2 Å². The fraction of sp³-hybridized carbons (Fsp3) is 0.176. The Hall–Kier alpha value is -2.42. The Morgan fingerprint density at radius 1 is 1.17 bits per heavy atom. The molecular weight excluding hydrogens is 351 g/mol. The van der Waals surface area contributed by atoms with Gasteiger partial charge in [-0.05, 0) is 37.3 Å². The number of ether oxygens (including phenoxy) is 2. The first-order valence-corrected chi connectivity index (χ1v) is 7.70. The maximum atomic E-state index is 12.2. The monoisotopic (exact) mass is 364 g/mol. The highest BCUT2D eigenvalue weighted by atomic mass is 35.5. The van der Waals surface area contributed by atoms with Gasteiger partial charge >= 0.3 is 0 Å². The van der Waals surface area contributed by atoms with Crippen molar-refractivity contribution in [2.45, 2.75) is 13.0 Å². The molecule has 2 aromatic rings. The van der Waals surface area contributed by atoms with Crippen LogP contribution in [0.25, 0.3) is 0 Å². The van der Waals surface area contributed by atoms with E-state index in [2.05, 4.69) is 5.32 Å². The maximum Gasteiger partial charge on any atom is 0.265 e. The van der Waals surface area contributed by atoms with E-state index in [0.29, 0.717) is 32.8 Å². The van der Waals surface area contributed by atoms with Gasteiger partial charge in [0.15, 0.2) is 17.6 Å². The highest BCUT2D eigenvalue weighted by Crippen LogP contribution is 2.29. The average Bonchev–Trinajstić information content (AvgIpc) is 2.54. The first kappa shape index (κ1) is 17.9.